The van der Waals surface area contributed by atoms with Crippen LogP contribution in [0.25, 0.3) is 10.2 Å². The minimum atomic E-state index is -1.74. The van der Waals surface area contributed by atoms with E-state index in [1.807, 2.05) is 151 Å². The van der Waals surface area contributed by atoms with Crippen molar-refractivity contribution in [1.29, 1.82) is 0 Å². The van der Waals surface area contributed by atoms with Crippen LogP contribution in [0.3, 0.4) is 0 Å². The van der Waals surface area contributed by atoms with Crippen molar-refractivity contribution in [2.75, 3.05) is 37.4 Å². The third-order valence-electron chi connectivity index (χ3n) is 12.5. The molecule has 0 unspecified atom stereocenters. The molecule has 7 aromatic rings. The lowest BCUT2D eigenvalue weighted by Gasteiger charge is -2.46. The van der Waals surface area contributed by atoms with E-state index in [4.69, 9.17) is 14.5 Å². The number of ether oxygens (including phenoxy) is 2. The third kappa shape index (κ3) is 7.72. The summed E-state index contributed by atoms with van der Waals surface area (Å²) in [7, 11) is 2.01. The number of thiazole rings is 1. The molecule has 2 amide bonds. The fraction of sp³-hybridized carbons (Fsp3) is 0.208. The molecule has 1 spiro atoms. The number of carbonyl (C=O) groups is 3. The molecular weight excluding hydrogens is 835 g/mol. The SMILES string of the molecule is CN(CC#Cc1ccc2c(c1)[C@]1(C(=O)N2)[C@H](C(=O)Nc2nc3ccccc3s2)[C@H]2C(=O)O[C@H](c3ccccc3)[C@H](c3ccccc3)N2[C@@H]1c1cccc(OCCO)c1)Cc1ccccc1. The van der Waals surface area contributed by atoms with Gasteiger partial charge in [0.05, 0.1) is 41.4 Å². The summed E-state index contributed by atoms with van der Waals surface area (Å²) in [6, 6.07) is 47.2. The van der Waals surface area contributed by atoms with Crippen LogP contribution < -0.4 is 15.4 Å². The quantitative estimate of drug-likeness (QED) is 0.0872. The number of aromatic nitrogens is 1. The van der Waals surface area contributed by atoms with Gasteiger partial charge in [0, 0.05) is 17.8 Å². The van der Waals surface area contributed by atoms with Crippen molar-refractivity contribution in [1.82, 2.24) is 14.8 Å². The number of nitrogens with zero attached hydrogens (tertiary/aromatic N) is 3. The first-order valence-corrected chi connectivity index (χ1v) is 22.4. The fourth-order valence-corrected chi connectivity index (χ4v) is 10.8. The van der Waals surface area contributed by atoms with E-state index in [1.54, 1.807) is 6.07 Å². The number of morpholine rings is 1. The maximum atomic E-state index is 15.6. The summed E-state index contributed by atoms with van der Waals surface area (Å²) in [5, 5.41) is 16.3. The number of aliphatic hydroxyl groups is 1. The minimum Gasteiger partial charge on any atom is -0.491 e. The van der Waals surface area contributed by atoms with Gasteiger partial charge in [-0.1, -0.05) is 138 Å². The van der Waals surface area contributed by atoms with E-state index in [0.29, 0.717) is 45.3 Å². The zero-order valence-electron chi connectivity index (χ0n) is 35.5. The van der Waals surface area contributed by atoms with E-state index in [0.717, 1.165) is 22.4 Å². The van der Waals surface area contributed by atoms with Crippen LogP contribution in [-0.4, -0.2) is 70.5 Å². The van der Waals surface area contributed by atoms with Crippen LogP contribution >= 0.6 is 11.3 Å². The lowest BCUT2D eigenvalue weighted by molar-refractivity contribution is -0.177. The summed E-state index contributed by atoms with van der Waals surface area (Å²) < 4.78 is 13.4. The van der Waals surface area contributed by atoms with Crippen LogP contribution in [-0.2, 0) is 31.1 Å². The highest BCUT2D eigenvalue weighted by Crippen LogP contribution is 2.65. The number of fused-ring (bicyclic) bond motifs is 4. The Labute approximate surface area is 380 Å². The van der Waals surface area contributed by atoms with Crippen molar-refractivity contribution in [3.05, 3.63) is 191 Å². The van der Waals surface area contributed by atoms with Gasteiger partial charge in [0.2, 0.25) is 11.8 Å². The number of benzene rings is 6. The number of anilines is 2. The predicted molar refractivity (Wildman–Crippen MR) is 250 cm³/mol. The van der Waals surface area contributed by atoms with Crippen LogP contribution in [0.1, 0.15) is 51.6 Å². The maximum Gasteiger partial charge on any atom is 0.324 e. The highest BCUT2D eigenvalue weighted by atomic mass is 32.1. The highest BCUT2D eigenvalue weighted by molar-refractivity contribution is 7.22. The number of amides is 2. The van der Waals surface area contributed by atoms with E-state index in [1.165, 1.54) is 16.9 Å². The Kier molecular flexibility index (Phi) is 11.5. The molecular formula is C53H45N5O6S. The van der Waals surface area contributed by atoms with Crippen molar-refractivity contribution in [3.8, 4) is 17.6 Å². The lowest BCUT2D eigenvalue weighted by Crippen LogP contribution is -2.53. The van der Waals surface area contributed by atoms with Gasteiger partial charge in [-0.05, 0) is 77.3 Å². The number of nitrogens with one attached hydrogen (secondary N) is 2. The molecule has 11 nitrogen and oxygen atoms in total. The van der Waals surface area contributed by atoms with Gasteiger partial charge in [-0.3, -0.25) is 24.2 Å². The molecule has 0 aliphatic carbocycles. The molecule has 65 heavy (non-hydrogen) atoms. The molecule has 3 N–H and O–H groups in total. The van der Waals surface area contributed by atoms with Gasteiger partial charge >= 0.3 is 5.97 Å². The average Bonchev–Trinajstić information content (AvgIpc) is 3.98. The van der Waals surface area contributed by atoms with Crippen molar-refractivity contribution in [2.24, 2.45) is 5.92 Å². The Bertz CT molecular complexity index is 2920. The second-order valence-corrected chi connectivity index (χ2v) is 17.6. The molecule has 1 aromatic heterocycles. The van der Waals surface area contributed by atoms with Crippen molar-refractivity contribution in [2.45, 2.75) is 36.2 Å². The van der Waals surface area contributed by atoms with Crippen molar-refractivity contribution < 1.29 is 29.0 Å². The van der Waals surface area contributed by atoms with E-state index < -0.39 is 53.3 Å². The molecule has 2 fully saturated rings. The minimum absolute atomic E-state index is 0.0414. The Morgan fingerprint density at radius 3 is 2.32 bits per heavy atom. The molecule has 6 aromatic carbocycles. The predicted octanol–water partition coefficient (Wildman–Crippen LogP) is 8.06. The molecule has 0 radical (unpaired) electrons. The lowest BCUT2D eigenvalue weighted by atomic mass is 9.65. The van der Waals surface area contributed by atoms with Gasteiger partial charge in [-0.15, -0.1) is 0 Å². The molecule has 0 bridgehead atoms. The average molecular weight is 880 g/mol. The van der Waals surface area contributed by atoms with Gasteiger partial charge in [-0.2, -0.15) is 0 Å². The van der Waals surface area contributed by atoms with Gasteiger partial charge in [0.1, 0.15) is 29.9 Å². The van der Waals surface area contributed by atoms with Gasteiger partial charge in [0.25, 0.3) is 0 Å². The summed E-state index contributed by atoms with van der Waals surface area (Å²) >= 11 is 1.32. The molecule has 4 heterocycles. The second kappa shape index (κ2) is 17.8. The van der Waals surface area contributed by atoms with Gasteiger partial charge in [-0.25, -0.2) is 4.98 Å². The van der Waals surface area contributed by atoms with Crippen molar-refractivity contribution >= 4 is 50.2 Å². The van der Waals surface area contributed by atoms with Crippen LogP contribution in [0.5, 0.6) is 5.75 Å². The van der Waals surface area contributed by atoms with E-state index in [-0.39, 0.29) is 13.2 Å². The number of aliphatic hydroxyl groups excluding tert-OH is 1. The summed E-state index contributed by atoms with van der Waals surface area (Å²) in [6.45, 7) is 1.03. The molecule has 2 saturated heterocycles. The number of para-hydroxylation sites is 1. The third-order valence-corrected chi connectivity index (χ3v) is 13.5. The number of esters is 1. The standard InChI is InChI=1S/C53H45N5O6S/c1-57(33-35-15-5-2-6-16-35)28-14-17-34-26-27-41-40(31-34)53(51(62)54-41)44(49(60)56-52-55-42-24-11-12-25-43(42)65-52)46-50(61)64-47(37-20-9-4-10-21-37)45(36-18-7-3-8-19-36)58(46)48(53)38-22-13-23-39(32-38)63-30-29-59/h2-13,15-16,18-27,31-32,44-48,59H,28-30,33H2,1H3,(H,54,62)(H,55,56,60)/t44-,45-,46-,47+,48+,53-/m0/s1. The maximum absolute atomic E-state index is 15.6. The summed E-state index contributed by atoms with van der Waals surface area (Å²) in [4.78, 5) is 55.4. The summed E-state index contributed by atoms with van der Waals surface area (Å²) in [5.74, 6) is 4.14. The Morgan fingerprint density at radius 2 is 1.57 bits per heavy atom. The Hall–Kier alpha value is -7.14. The second-order valence-electron chi connectivity index (χ2n) is 16.6. The Morgan fingerprint density at radius 1 is 0.862 bits per heavy atom. The summed E-state index contributed by atoms with van der Waals surface area (Å²) in [5.41, 5.74) is 4.06. The largest absolute Gasteiger partial charge is 0.491 e. The first-order chi connectivity index (χ1) is 31.8. The van der Waals surface area contributed by atoms with Crippen LogP contribution in [0.4, 0.5) is 10.8 Å². The molecule has 6 atom stereocenters. The van der Waals surface area contributed by atoms with Crippen LogP contribution in [0.15, 0.2) is 158 Å². The van der Waals surface area contributed by atoms with Gasteiger partial charge < -0.3 is 25.2 Å². The van der Waals surface area contributed by atoms with Crippen LogP contribution in [0, 0.1) is 17.8 Å². The molecule has 12 heteroatoms. The van der Waals surface area contributed by atoms with Gasteiger partial charge in [0.15, 0.2) is 5.13 Å². The Balaban J connectivity index is 1.18. The molecule has 0 saturated carbocycles. The number of rotatable bonds is 11. The monoisotopic (exact) mass is 879 g/mol. The molecule has 324 valence electrons. The smallest absolute Gasteiger partial charge is 0.324 e. The number of cyclic esters (lactones) is 1. The summed E-state index contributed by atoms with van der Waals surface area (Å²) in [6.07, 6.45) is -0.823. The van der Waals surface area contributed by atoms with E-state index in [9.17, 15) is 5.11 Å². The molecule has 3 aliphatic heterocycles. The number of hydrogen-bond donors (Lipinski definition) is 3. The topological polar surface area (TPSA) is 133 Å². The highest BCUT2D eigenvalue weighted by Gasteiger charge is 2.74. The molecule has 10 rings (SSSR count). The first kappa shape index (κ1) is 41.8. The van der Waals surface area contributed by atoms with Crippen molar-refractivity contribution in [3.63, 3.8) is 0 Å². The van der Waals surface area contributed by atoms with Crippen LogP contribution in [0.2, 0.25) is 0 Å². The zero-order chi connectivity index (χ0) is 44.5. The first-order valence-electron chi connectivity index (χ1n) is 21.6. The fourth-order valence-electron chi connectivity index (χ4n) is 9.95. The number of carbonyl (C=O) groups excluding carboxylic acids is 3. The van der Waals surface area contributed by atoms with E-state index >= 15 is 14.4 Å². The zero-order valence-corrected chi connectivity index (χ0v) is 36.3. The molecule has 3 aliphatic rings. The normalized spacial score (nSPS) is 22.2. The number of hydrogen-bond acceptors (Lipinski definition) is 10. The van der Waals surface area contributed by atoms with E-state index in [2.05, 4.69) is 39.5 Å².